The lowest BCUT2D eigenvalue weighted by atomic mass is 9.94. The Labute approximate surface area is 107 Å². The van der Waals surface area contributed by atoms with E-state index in [4.69, 9.17) is 0 Å². The fraction of sp³-hybridized carbons (Fsp3) is 0.500. The number of carbonyl (C=O) groups is 1. The molecule has 0 atom stereocenters. The lowest BCUT2D eigenvalue weighted by Crippen LogP contribution is -2.30. The second-order valence-electron chi connectivity index (χ2n) is 4.90. The molecule has 2 rings (SSSR count). The average Bonchev–Trinajstić information content (AvgIpc) is 2.35. The van der Waals surface area contributed by atoms with Crippen LogP contribution in [0.4, 0.5) is 10.1 Å². The molecule has 1 aromatic rings. The van der Waals surface area contributed by atoms with Crippen molar-refractivity contribution in [3.8, 4) is 0 Å². The fourth-order valence-corrected chi connectivity index (χ4v) is 2.28. The Hall–Kier alpha value is -1.42. The summed E-state index contributed by atoms with van der Waals surface area (Å²) >= 11 is 0. The topological polar surface area (TPSA) is 41.1 Å². The van der Waals surface area contributed by atoms with Crippen molar-refractivity contribution >= 4 is 11.6 Å². The van der Waals surface area contributed by atoms with Gasteiger partial charge in [-0.15, -0.1) is 0 Å². The first kappa shape index (κ1) is 13.0. The Balaban J connectivity index is 1.92. The van der Waals surface area contributed by atoms with Gasteiger partial charge in [0.2, 0.25) is 5.91 Å². The minimum absolute atomic E-state index is 0.0180. The standard InChI is InChI=1S/C14H19FN2O/c1-10-2-3-12(15)9-13(10)17-14(18)8-11-4-6-16-7-5-11/h2-3,9,11,16H,4-8H2,1H3,(H,17,18). The van der Waals surface area contributed by atoms with Crippen LogP contribution in [-0.2, 0) is 4.79 Å². The van der Waals surface area contributed by atoms with Crippen LogP contribution in [0, 0.1) is 18.7 Å². The van der Waals surface area contributed by atoms with E-state index in [-0.39, 0.29) is 11.7 Å². The Morgan fingerprint density at radius 1 is 1.44 bits per heavy atom. The maximum Gasteiger partial charge on any atom is 0.224 e. The van der Waals surface area contributed by atoms with Crippen LogP contribution in [0.15, 0.2) is 18.2 Å². The van der Waals surface area contributed by atoms with Gasteiger partial charge >= 0.3 is 0 Å². The molecule has 4 heteroatoms. The molecule has 0 unspecified atom stereocenters. The maximum absolute atomic E-state index is 13.1. The van der Waals surface area contributed by atoms with Crippen molar-refractivity contribution in [1.82, 2.24) is 5.32 Å². The fourth-order valence-electron chi connectivity index (χ4n) is 2.28. The molecule has 0 aliphatic carbocycles. The lowest BCUT2D eigenvalue weighted by Gasteiger charge is -2.22. The molecule has 1 aliphatic rings. The predicted octanol–water partition coefficient (Wildman–Crippen LogP) is 2.46. The molecule has 3 nitrogen and oxygen atoms in total. The predicted molar refractivity (Wildman–Crippen MR) is 70.0 cm³/mol. The molecule has 0 saturated carbocycles. The summed E-state index contributed by atoms with van der Waals surface area (Å²) in [6, 6.07) is 4.45. The summed E-state index contributed by atoms with van der Waals surface area (Å²) in [5.41, 5.74) is 1.46. The molecule has 2 N–H and O–H groups in total. The number of hydrogen-bond acceptors (Lipinski definition) is 2. The number of piperidine rings is 1. The van der Waals surface area contributed by atoms with Gasteiger partial charge in [-0.25, -0.2) is 4.39 Å². The normalized spacial score (nSPS) is 16.6. The van der Waals surface area contributed by atoms with Crippen LogP contribution < -0.4 is 10.6 Å². The van der Waals surface area contributed by atoms with Crippen molar-refractivity contribution < 1.29 is 9.18 Å². The van der Waals surface area contributed by atoms with E-state index in [2.05, 4.69) is 10.6 Å². The third kappa shape index (κ3) is 3.53. The second kappa shape index (κ2) is 5.96. The Kier molecular flexibility index (Phi) is 4.31. The summed E-state index contributed by atoms with van der Waals surface area (Å²) < 4.78 is 13.1. The SMILES string of the molecule is Cc1ccc(F)cc1NC(=O)CC1CCNCC1. The number of carbonyl (C=O) groups excluding carboxylic acids is 1. The van der Waals surface area contributed by atoms with Crippen LogP contribution >= 0.6 is 0 Å². The van der Waals surface area contributed by atoms with Crippen LogP contribution in [0.3, 0.4) is 0 Å². The van der Waals surface area contributed by atoms with Gasteiger partial charge in [-0.2, -0.15) is 0 Å². The summed E-state index contributed by atoms with van der Waals surface area (Å²) in [5.74, 6) is 0.105. The van der Waals surface area contributed by atoms with Gasteiger partial charge < -0.3 is 10.6 Å². The maximum atomic E-state index is 13.1. The van der Waals surface area contributed by atoms with Crippen molar-refractivity contribution in [3.05, 3.63) is 29.6 Å². The van der Waals surface area contributed by atoms with Crippen molar-refractivity contribution in [3.63, 3.8) is 0 Å². The number of amides is 1. The first-order valence-electron chi connectivity index (χ1n) is 6.42. The molecule has 1 aromatic carbocycles. The van der Waals surface area contributed by atoms with Crippen LogP contribution in [-0.4, -0.2) is 19.0 Å². The van der Waals surface area contributed by atoms with Crippen molar-refractivity contribution in [1.29, 1.82) is 0 Å². The number of hydrogen-bond donors (Lipinski definition) is 2. The number of nitrogens with one attached hydrogen (secondary N) is 2. The first-order valence-corrected chi connectivity index (χ1v) is 6.42. The summed E-state index contributed by atoms with van der Waals surface area (Å²) in [6.45, 7) is 3.83. The minimum atomic E-state index is -0.322. The van der Waals surface area contributed by atoms with Gasteiger partial charge in [0, 0.05) is 12.1 Å². The quantitative estimate of drug-likeness (QED) is 0.865. The van der Waals surface area contributed by atoms with Gasteiger partial charge in [0.15, 0.2) is 0 Å². The van der Waals surface area contributed by atoms with E-state index in [1.165, 1.54) is 12.1 Å². The van der Waals surface area contributed by atoms with Gasteiger partial charge in [-0.1, -0.05) is 6.07 Å². The van der Waals surface area contributed by atoms with Crippen LogP contribution in [0.2, 0.25) is 0 Å². The van der Waals surface area contributed by atoms with E-state index in [1.807, 2.05) is 6.92 Å². The van der Waals surface area contributed by atoms with Gasteiger partial charge in [0.1, 0.15) is 5.82 Å². The third-order valence-electron chi connectivity index (χ3n) is 3.41. The smallest absolute Gasteiger partial charge is 0.224 e. The molecular formula is C14H19FN2O. The summed E-state index contributed by atoms with van der Waals surface area (Å²) in [4.78, 5) is 11.9. The van der Waals surface area contributed by atoms with Gasteiger partial charge in [-0.05, 0) is 56.5 Å². The zero-order chi connectivity index (χ0) is 13.0. The molecule has 1 amide bonds. The number of anilines is 1. The number of halogens is 1. The van der Waals surface area contributed by atoms with Crippen molar-refractivity contribution in [2.45, 2.75) is 26.2 Å². The van der Waals surface area contributed by atoms with Crippen LogP contribution in [0.5, 0.6) is 0 Å². The van der Waals surface area contributed by atoms with E-state index in [0.29, 0.717) is 18.0 Å². The summed E-state index contributed by atoms with van der Waals surface area (Å²) in [6.07, 6.45) is 2.60. The van der Waals surface area contributed by atoms with E-state index < -0.39 is 0 Å². The molecule has 0 spiro atoms. The highest BCUT2D eigenvalue weighted by atomic mass is 19.1. The molecule has 98 valence electrons. The summed E-state index contributed by atoms with van der Waals surface area (Å²) in [5, 5.41) is 6.07. The number of benzene rings is 1. The molecule has 0 radical (unpaired) electrons. The van der Waals surface area contributed by atoms with E-state index in [0.717, 1.165) is 31.5 Å². The molecule has 0 bridgehead atoms. The third-order valence-corrected chi connectivity index (χ3v) is 3.41. The molecular weight excluding hydrogens is 231 g/mol. The van der Waals surface area contributed by atoms with Crippen LogP contribution in [0.1, 0.15) is 24.8 Å². The summed E-state index contributed by atoms with van der Waals surface area (Å²) in [7, 11) is 0. The largest absolute Gasteiger partial charge is 0.326 e. The zero-order valence-electron chi connectivity index (χ0n) is 10.6. The monoisotopic (exact) mass is 250 g/mol. The molecule has 1 fully saturated rings. The highest BCUT2D eigenvalue weighted by Gasteiger charge is 2.17. The molecule has 0 aromatic heterocycles. The Morgan fingerprint density at radius 2 is 2.17 bits per heavy atom. The Morgan fingerprint density at radius 3 is 2.89 bits per heavy atom. The van der Waals surface area contributed by atoms with E-state index in [9.17, 15) is 9.18 Å². The zero-order valence-corrected chi connectivity index (χ0v) is 10.6. The van der Waals surface area contributed by atoms with Gasteiger partial charge in [0.05, 0.1) is 0 Å². The van der Waals surface area contributed by atoms with Crippen molar-refractivity contribution in [2.75, 3.05) is 18.4 Å². The van der Waals surface area contributed by atoms with E-state index >= 15 is 0 Å². The molecule has 18 heavy (non-hydrogen) atoms. The van der Waals surface area contributed by atoms with Gasteiger partial charge in [-0.3, -0.25) is 4.79 Å². The number of aryl methyl sites for hydroxylation is 1. The highest BCUT2D eigenvalue weighted by Crippen LogP contribution is 2.19. The van der Waals surface area contributed by atoms with E-state index in [1.54, 1.807) is 6.07 Å². The van der Waals surface area contributed by atoms with Crippen molar-refractivity contribution in [2.24, 2.45) is 5.92 Å². The van der Waals surface area contributed by atoms with Crippen LogP contribution in [0.25, 0.3) is 0 Å². The molecule has 1 heterocycles. The Bertz CT molecular complexity index is 428. The minimum Gasteiger partial charge on any atom is -0.326 e. The number of rotatable bonds is 3. The molecule has 1 aliphatic heterocycles. The highest BCUT2D eigenvalue weighted by molar-refractivity contribution is 5.91. The second-order valence-corrected chi connectivity index (χ2v) is 4.90. The van der Waals surface area contributed by atoms with Gasteiger partial charge in [0.25, 0.3) is 0 Å². The first-order chi connectivity index (χ1) is 8.65. The average molecular weight is 250 g/mol. The lowest BCUT2D eigenvalue weighted by molar-refractivity contribution is -0.117. The molecule has 1 saturated heterocycles.